The molecule has 7 nitrogen and oxygen atoms in total. The fourth-order valence-corrected chi connectivity index (χ4v) is 2.27. The number of carbonyl (C=O) groups excluding carboxylic acids is 1. The van der Waals surface area contributed by atoms with E-state index in [2.05, 4.69) is 10.4 Å². The summed E-state index contributed by atoms with van der Waals surface area (Å²) in [6.45, 7) is 0. The van der Waals surface area contributed by atoms with Crippen molar-refractivity contribution in [3.63, 3.8) is 0 Å². The molecule has 1 unspecified atom stereocenters. The molecule has 0 aliphatic rings. The van der Waals surface area contributed by atoms with E-state index in [1.165, 1.54) is 13.3 Å². The topological polar surface area (TPSA) is 93.4 Å². The third-order valence-electron chi connectivity index (χ3n) is 3.40. The zero-order valence-corrected chi connectivity index (χ0v) is 13.0. The molecular weight excluding hydrogens is 298 g/mol. The average Bonchev–Trinajstić information content (AvgIpc) is 2.94. The summed E-state index contributed by atoms with van der Waals surface area (Å²) < 4.78 is 6.73. The first-order valence-corrected chi connectivity index (χ1v) is 7.09. The highest BCUT2D eigenvalue weighted by molar-refractivity contribution is 5.87. The zero-order valence-electron chi connectivity index (χ0n) is 13.0. The molecule has 2 N–H and O–H groups in total. The van der Waals surface area contributed by atoms with Crippen molar-refractivity contribution >= 4 is 11.9 Å². The van der Waals surface area contributed by atoms with Crippen LogP contribution in [0.2, 0.25) is 0 Å². The Hall–Kier alpha value is -2.67. The van der Waals surface area contributed by atoms with Gasteiger partial charge in [0.15, 0.2) is 6.10 Å². The maximum atomic E-state index is 12.4. The van der Waals surface area contributed by atoms with Crippen LogP contribution in [0.25, 0.3) is 0 Å². The molecule has 0 radical (unpaired) electrons. The average molecular weight is 317 g/mol. The van der Waals surface area contributed by atoms with Crippen molar-refractivity contribution in [2.75, 3.05) is 7.11 Å². The van der Waals surface area contributed by atoms with Crippen LogP contribution in [0.4, 0.5) is 0 Å². The molecule has 0 aliphatic carbocycles. The number of aryl methyl sites for hydroxylation is 1. The first-order chi connectivity index (χ1) is 11.0. The number of methoxy groups -OCH3 is 1. The Morgan fingerprint density at radius 1 is 1.35 bits per heavy atom. The Bertz CT molecular complexity index is 669. The summed E-state index contributed by atoms with van der Waals surface area (Å²) in [4.78, 5) is 23.8. The highest BCUT2D eigenvalue weighted by Crippen LogP contribution is 2.16. The Morgan fingerprint density at radius 3 is 2.57 bits per heavy atom. The number of carboxylic acids is 1. The van der Waals surface area contributed by atoms with Crippen molar-refractivity contribution in [3.8, 4) is 0 Å². The maximum absolute atomic E-state index is 12.4. The molecule has 7 heteroatoms. The van der Waals surface area contributed by atoms with Gasteiger partial charge >= 0.3 is 5.97 Å². The van der Waals surface area contributed by atoms with Crippen LogP contribution < -0.4 is 5.32 Å². The van der Waals surface area contributed by atoms with Gasteiger partial charge in [-0.05, 0) is 5.56 Å². The minimum Gasteiger partial charge on any atom is -0.480 e. The molecule has 0 spiro atoms. The van der Waals surface area contributed by atoms with E-state index in [-0.39, 0.29) is 6.42 Å². The number of amides is 1. The molecule has 2 atom stereocenters. The van der Waals surface area contributed by atoms with Gasteiger partial charge in [0.25, 0.3) is 5.91 Å². The fraction of sp³-hybridized carbons (Fsp3) is 0.312. The summed E-state index contributed by atoms with van der Waals surface area (Å²) in [5.41, 5.74) is 1.40. The number of rotatable bonds is 7. The molecule has 1 heterocycles. The van der Waals surface area contributed by atoms with Crippen molar-refractivity contribution in [2.45, 2.75) is 18.6 Å². The van der Waals surface area contributed by atoms with Crippen molar-refractivity contribution < 1.29 is 19.4 Å². The molecule has 0 saturated carbocycles. The van der Waals surface area contributed by atoms with E-state index in [0.29, 0.717) is 5.56 Å². The summed E-state index contributed by atoms with van der Waals surface area (Å²) in [5, 5.41) is 15.9. The van der Waals surface area contributed by atoms with E-state index >= 15 is 0 Å². The van der Waals surface area contributed by atoms with Crippen LogP contribution in [0.15, 0.2) is 42.7 Å². The van der Waals surface area contributed by atoms with Crippen LogP contribution in [0.3, 0.4) is 0 Å². The van der Waals surface area contributed by atoms with Crippen molar-refractivity contribution in [2.24, 2.45) is 7.05 Å². The van der Waals surface area contributed by atoms with E-state index in [1.807, 2.05) is 30.3 Å². The largest absolute Gasteiger partial charge is 0.480 e. The van der Waals surface area contributed by atoms with Gasteiger partial charge < -0.3 is 15.2 Å². The molecule has 1 amide bonds. The van der Waals surface area contributed by atoms with Crippen LogP contribution in [0.1, 0.15) is 17.2 Å². The lowest BCUT2D eigenvalue weighted by Gasteiger charge is -2.19. The Morgan fingerprint density at radius 2 is 2.04 bits per heavy atom. The normalized spacial score (nSPS) is 13.3. The van der Waals surface area contributed by atoms with E-state index in [4.69, 9.17) is 4.74 Å². The molecule has 2 aromatic rings. The summed E-state index contributed by atoms with van der Waals surface area (Å²) in [5.74, 6) is -1.60. The molecular formula is C16H19N3O4. The number of aliphatic carboxylic acids is 1. The van der Waals surface area contributed by atoms with E-state index < -0.39 is 24.0 Å². The number of carbonyl (C=O) groups is 2. The SMILES string of the molecule is COC(C(=O)N[C@H](Cc1ccccc1)C(=O)O)c1cnn(C)c1. The summed E-state index contributed by atoms with van der Waals surface area (Å²) in [7, 11) is 3.12. The zero-order chi connectivity index (χ0) is 16.8. The van der Waals surface area contributed by atoms with Crippen LogP contribution in [-0.4, -0.2) is 39.9 Å². The second-order valence-electron chi connectivity index (χ2n) is 5.15. The number of benzene rings is 1. The summed E-state index contributed by atoms with van der Waals surface area (Å²) in [6.07, 6.45) is 2.47. The summed E-state index contributed by atoms with van der Waals surface area (Å²) >= 11 is 0. The first kappa shape index (κ1) is 16.7. The van der Waals surface area contributed by atoms with Crippen molar-refractivity contribution in [3.05, 3.63) is 53.9 Å². The lowest BCUT2D eigenvalue weighted by Crippen LogP contribution is -2.44. The highest BCUT2D eigenvalue weighted by atomic mass is 16.5. The lowest BCUT2D eigenvalue weighted by atomic mass is 10.1. The van der Waals surface area contributed by atoms with Gasteiger partial charge in [-0.15, -0.1) is 0 Å². The number of aromatic nitrogens is 2. The van der Waals surface area contributed by atoms with E-state index in [9.17, 15) is 14.7 Å². The number of ether oxygens (including phenoxy) is 1. The molecule has 0 bridgehead atoms. The number of nitrogens with one attached hydrogen (secondary N) is 1. The Labute approximate surface area is 133 Å². The van der Waals surface area contributed by atoms with Gasteiger partial charge in [-0.25, -0.2) is 4.79 Å². The predicted molar refractivity (Wildman–Crippen MR) is 82.7 cm³/mol. The van der Waals surface area contributed by atoms with E-state index in [0.717, 1.165) is 5.56 Å². The second-order valence-corrected chi connectivity index (χ2v) is 5.15. The standard InChI is InChI=1S/C16H19N3O4/c1-19-10-12(9-17-19)14(23-2)15(20)18-13(16(21)22)8-11-6-4-3-5-7-11/h3-7,9-10,13-14H,8H2,1-2H3,(H,18,20)(H,21,22)/t13-,14?/m1/s1. The third-order valence-corrected chi connectivity index (χ3v) is 3.40. The molecule has 23 heavy (non-hydrogen) atoms. The molecule has 0 aliphatic heterocycles. The van der Waals surface area contributed by atoms with E-state index in [1.54, 1.807) is 17.9 Å². The van der Waals surface area contributed by atoms with Gasteiger partial charge in [0, 0.05) is 32.3 Å². The van der Waals surface area contributed by atoms with Crippen molar-refractivity contribution in [1.29, 1.82) is 0 Å². The van der Waals surface area contributed by atoms with Crippen LogP contribution in [-0.2, 0) is 27.8 Å². The minimum absolute atomic E-state index is 0.200. The molecule has 1 aromatic carbocycles. The minimum atomic E-state index is -1.09. The molecule has 2 rings (SSSR count). The highest BCUT2D eigenvalue weighted by Gasteiger charge is 2.27. The van der Waals surface area contributed by atoms with Crippen LogP contribution in [0, 0.1) is 0 Å². The van der Waals surface area contributed by atoms with Gasteiger partial charge in [0.1, 0.15) is 6.04 Å². The predicted octanol–water partition coefficient (Wildman–Crippen LogP) is 0.920. The maximum Gasteiger partial charge on any atom is 0.326 e. The Kier molecular flexibility index (Phi) is 5.48. The monoisotopic (exact) mass is 317 g/mol. The van der Waals surface area contributed by atoms with Gasteiger partial charge in [0.2, 0.25) is 0 Å². The number of hydrogen-bond acceptors (Lipinski definition) is 4. The quantitative estimate of drug-likeness (QED) is 0.792. The van der Waals surface area contributed by atoms with Gasteiger partial charge in [-0.3, -0.25) is 9.48 Å². The Balaban J connectivity index is 2.09. The number of nitrogens with zero attached hydrogens (tertiary/aromatic N) is 2. The van der Waals surface area contributed by atoms with Crippen molar-refractivity contribution in [1.82, 2.24) is 15.1 Å². The fourth-order valence-electron chi connectivity index (χ4n) is 2.27. The molecule has 1 aromatic heterocycles. The summed E-state index contributed by atoms with van der Waals surface area (Å²) in [6, 6.07) is 8.10. The lowest BCUT2D eigenvalue weighted by molar-refractivity contribution is -0.144. The van der Waals surface area contributed by atoms with Crippen LogP contribution >= 0.6 is 0 Å². The molecule has 0 saturated heterocycles. The number of hydrogen-bond donors (Lipinski definition) is 2. The van der Waals surface area contributed by atoms with Gasteiger partial charge in [-0.2, -0.15) is 5.10 Å². The molecule has 122 valence electrons. The third kappa shape index (κ3) is 4.40. The smallest absolute Gasteiger partial charge is 0.326 e. The molecule has 0 fully saturated rings. The first-order valence-electron chi connectivity index (χ1n) is 7.09. The second kappa shape index (κ2) is 7.55. The number of carboxylic acid groups (broad SMARTS) is 1. The van der Waals surface area contributed by atoms with Gasteiger partial charge in [-0.1, -0.05) is 30.3 Å². The van der Waals surface area contributed by atoms with Gasteiger partial charge in [0.05, 0.1) is 6.20 Å². The van der Waals surface area contributed by atoms with Crippen LogP contribution in [0.5, 0.6) is 0 Å².